The molecule has 2 amide bonds. The van der Waals surface area contributed by atoms with Gasteiger partial charge in [-0.3, -0.25) is 14.8 Å². The highest BCUT2D eigenvalue weighted by Crippen LogP contribution is 2.25. The van der Waals surface area contributed by atoms with Gasteiger partial charge in [0.15, 0.2) is 0 Å². The number of hydrogen-bond acceptors (Lipinski definition) is 7. The summed E-state index contributed by atoms with van der Waals surface area (Å²) in [5, 5.41) is 11.8. The van der Waals surface area contributed by atoms with Crippen molar-refractivity contribution in [2.24, 2.45) is 0 Å². The lowest BCUT2D eigenvalue weighted by molar-refractivity contribution is -0.166. The number of benzene rings is 3. The van der Waals surface area contributed by atoms with E-state index in [4.69, 9.17) is 9.57 Å². The van der Waals surface area contributed by atoms with Crippen molar-refractivity contribution in [3.63, 3.8) is 0 Å². The van der Waals surface area contributed by atoms with E-state index in [-0.39, 0.29) is 24.5 Å². The van der Waals surface area contributed by atoms with Crippen molar-refractivity contribution >= 4 is 22.0 Å². The van der Waals surface area contributed by atoms with Gasteiger partial charge < -0.3 is 10.1 Å². The van der Waals surface area contributed by atoms with Crippen molar-refractivity contribution < 1.29 is 32.8 Å². The second-order valence-electron chi connectivity index (χ2n) is 8.57. The van der Waals surface area contributed by atoms with Crippen LogP contribution >= 0.6 is 0 Å². The maximum atomic E-state index is 13.6. The Hall–Kier alpha value is -3.77. The number of sulfonamides is 1. The molecule has 0 saturated carbocycles. The number of carbonyl (C=O) groups is 2. The van der Waals surface area contributed by atoms with Gasteiger partial charge in [-0.25, -0.2) is 18.7 Å². The Kier molecular flexibility index (Phi) is 10.4. The van der Waals surface area contributed by atoms with E-state index in [0.717, 1.165) is 16.7 Å². The first kappa shape index (κ1) is 28.8. The molecule has 0 aromatic heterocycles. The van der Waals surface area contributed by atoms with Crippen LogP contribution in [0.15, 0.2) is 89.8 Å². The maximum absolute atomic E-state index is 13.6. The second kappa shape index (κ2) is 13.7. The van der Waals surface area contributed by atoms with E-state index in [1.807, 2.05) is 48.5 Å². The molecule has 10 nitrogen and oxygen atoms in total. The first-order valence-corrected chi connectivity index (χ1v) is 13.4. The minimum absolute atomic E-state index is 0.0448. The molecule has 0 spiro atoms. The molecule has 3 rings (SSSR count). The van der Waals surface area contributed by atoms with Crippen molar-refractivity contribution in [1.29, 1.82) is 0 Å². The van der Waals surface area contributed by atoms with Crippen molar-refractivity contribution in [3.05, 3.63) is 90.5 Å². The summed E-state index contributed by atoms with van der Waals surface area (Å²) < 4.78 is 32.8. The van der Waals surface area contributed by atoms with Crippen LogP contribution in [0.4, 0.5) is 4.79 Å². The fourth-order valence-corrected chi connectivity index (χ4v) is 5.06. The molecule has 0 bridgehead atoms. The van der Waals surface area contributed by atoms with Gasteiger partial charge in [-0.15, -0.1) is 0 Å². The molecular weight excluding hydrogens is 510 g/mol. The highest BCUT2D eigenvalue weighted by atomic mass is 32.2. The number of ether oxygens (including phenoxy) is 1. The number of hydroxylamine groups is 2. The molecule has 3 N–H and O–H groups in total. The molecule has 0 aliphatic carbocycles. The number of nitrogens with one attached hydrogen (secondary N) is 2. The Labute approximate surface area is 222 Å². The SMILES string of the molecule is CC(C)ON([C@@H](CCNC(=O)OCc1ccccc1)C(=O)NO)S(=O)(=O)c1ccc(-c2ccccc2)cc1. The fourth-order valence-electron chi connectivity index (χ4n) is 3.55. The number of amides is 2. The van der Waals surface area contributed by atoms with Gasteiger partial charge in [-0.1, -0.05) is 77.3 Å². The molecular formula is C27H31N3O7S. The van der Waals surface area contributed by atoms with Crippen LogP contribution in [-0.2, 0) is 31.0 Å². The van der Waals surface area contributed by atoms with Gasteiger partial charge in [0.25, 0.3) is 15.9 Å². The number of alkyl carbamates (subject to hydrolysis) is 1. The molecule has 3 aromatic rings. The minimum Gasteiger partial charge on any atom is -0.445 e. The van der Waals surface area contributed by atoms with Crippen molar-refractivity contribution in [2.45, 2.75) is 43.9 Å². The number of nitrogens with zero attached hydrogens (tertiary/aromatic N) is 1. The van der Waals surface area contributed by atoms with E-state index in [1.165, 1.54) is 17.6 Å². The lowest BCUT2D eigenvalue weighted by Crippen LogP contribution is -2.51. The second-order valence-corrected chi connectivity index (χ2v) is 10.4. The Bertz CT molecular complexity index is 1290. The van der Waals surface area contributed by atoms with Crippen molar-refractivity contribution in [3.8, 4) is 11.1 Å². The van der Waals surface area contributed by atoms with Crippen LogP contribution in [0.3, 0.4) is 0 Å². The summed E-state index contributed by atoms with van der Waals surface area (Å²) in [5.74, 6) is -1.02. The number of rotatable bonds is 12. The molecule has 11 heteroatoms. The Morgan fingerprint density at radius 2 is 1.47 bits per heavy atom. The normalized spacial score (nSPS) is 12.2. The minimum atomic E-state index is -4.35. The molecule has 0 aliphatic rings. The summed E-state index contributed by atoms with van der Waals surface area (Å²) in [5.41, 5.74) is 4.00. The molecule has 202 valence electrons. The summed E-state index contributed by atoms with van der Waals surface area (Å²) in [7, 11) is -4.35. The van der Waals surface area contributed by atoms with E-state index in [9.17, 15) is 23.2 Å². The van der Waals surface area contributed by atoms with E-state index in [2.05, 4.69) is 5.32 Å². The predicted molar refractivity (Wildman–Crippen MR) is 140 cm³/mol. The zero-order chi connectivity index (χ0) is 27.5. The molecule has 0 radical (unpaired) electrons. The van der Waals surface area contributed by atoms with E-state index < -0.39 is 34.2 Å². The third-order valence-electron chi connectivity index (χ3n) is 5.38. The van der Waals surface area contributed by atoms with Crippen LogP contribution in [0.5, 0.6) is 0 Å². The van der Waals surface area contributed by atoms with E-state index in [1.54, 1.807) is 38.1 Å². The van der Waals surface area contributed by atoms with Crippen LogP contribution in [0.2, 0.25) is 0 Å². The fraction of sp³-hybridized carbons (Fsp3) is 0.259. The van der Waals surface area contributed by atoms with Crippen molar-refractivity contribution in [2.75, 3.05) is 6.54 Å². The lowest BCUT2D eigenvalue weighted by atomic mass is 10.1. The molecule has 0 unspecified atom stereocenters. The zero-order valence-electron chi connectivity index (χ0n) is 21.1. The number of carbonyl (C=O) groups excluding carboxylic acids is 2. The van der Waals surface area contributed by atoms with Gasteiger partial charge in [0.1, 0.15) is 12.6 Å². The molecule has 0 fully saturated rings. The average Bonchev–Trinajstić information content (AvgIpc) is 2.93. The summed E-state index contributed by atoms with van der Waals surface area (Å²) in [6.07, 6.45) is -1.57. The van der Waals surface area contributed by atoms with Crippen LogP contribution in [0, 0.1) is 0 Å². The monoisotopic (exact) mass is 541 g/mol. The largest absolute Gasteiger partial charge is 0.445 e. The summed E-state index contributed by atoms with van der Waals surface area (Å²) in [6, 6.07) is 23.2. The van der Waals surface area contributed by atoms with Crippen LogP contribution in [0.1, 0.15) is 25.8 Å². The van der Waals surface area contributed by atoms with Crippen molar-refractivity contribution in [1.82, 2.24) is 15.3 Å². The zero-order valence-corrected chi connectivity index (χ0v) is 21.9. The first-order valence-electron chi connectivity index (χ1n) is 12.0. The Morgan fingerprint density at radius 3 is 2.05 bits per heavy atom. The quantitative estimate of drug-likeness (QED) is 0.234. The Morgan fingerprint density at radius 1 is 0.895 bits per heavy atom. The number of hydrogen-bond donors (Lipinski definition) is 3. The standard InChI is InChI=1S/C27H31N3O7S/c1-20(2)37-30(38(34,35)24-15-13-23(14-16-24)22-11-7-4-8-12-22)25(26(31)29-33)17-18-28-27(32)36-19-21-9-5-3-6-10-21/h3-16,20,25,33H,17-19H2,1-2H3,(H,28,32)(H,29,31)/t25-/m0/s1. The van der Waals surface area contributed by atoms with E-state index in [0.29, 0.717) is 4.47 Å². The molecule has 0 aliphatic heterocycles. The topological polar surface area (TPSA) is 134 Å². The smallest absolute Gasteiger partial charge is 0.407 e. The third-order valence-corrected chi connectivity index (χ3v) is 7.06. The van der Waals surface area contributed by atoms with Gasteiger partial charge in [0.2, 0.25) is 0 Å². The Balaban J connectivity index is 1.74. The summed E-state index contributed by atoms with van der Waals surface area (Å²) >= 11 is 0. The van der Waals surface area contributed by atoms with Gasteiger partial charge in [0, 0.05) is 6.54 Å². The van der Waals surface area contributed by atoms with Crippen LogP contribution in [0.25, 0.3) is 11.1 Å². The van der Waals surface area contributed by atoms with Crippen LogP contribution in [-0.4, -0.2) is 48.8 Å². The first-order chi connectivity index (χ1) is 18.2. The van der Waals surface area contributed by atoms with Crippen LogP contribution < -0.4 is 10.8 Å². The third kappa shape index (κ3) is 7.86. The molecule has 38 heavy (non-hydrogen) atoms. The van der Waals surface area contributed by atoms with Gasteiger partial charge in [0.05, 0.1) is 11.0 Å². The maximum Gasteiger partial charge on any atom is 0.407 e. The molecule has 1 atom stereocenters. The van der Waals surface area contributed by atoms with E-state index >= 15 is 0 Å². The molecule has 3 aromatic carbocycles. The highest BCUT2D eigenvalue weighted by molar-refractivity contribution is 7.89. The summed E-state index contributed by atoms with van der Waals surface area (Å²) in [4.78, 5) is 30.1. The highest BCUT2D eigenvalue weighted by Gasteiger charge is 2.38. The lowest BCUT2D eigenvalue weighted by Gasteiger charge is -2.30. The van der Waals surface area contributed by atoms with Gasteiger partial charge in [-0.2, -0.15) is 0 Å². The van der Waals surface area contributed by atoms with Gasteiger partial charge >= 0.3 is 6.09 Å². The van der Waals surface area contributed by atoms with Gasteiger partial charge in [-0.05, 0) is 49.1 Å². The average molecular weight is 542 g/mol. The predicted octanol–water partition coefficient (Wildman–Crippen LogP) is 3.87. The molecule has 0 heterocycles. The molecule has 0 saturated heterocycles. The summed E-state index contributed by atoms with van der Waals surface area (Å²) in [6.45, 7) is 3.12.